The molecule has 5 rings (SSSR count). The third-order valence-corrected chi connectivity index (χ3v) is 7.65. The average molecular weight is 561 g/mol. The third-order valence-electron chi connectivity index (χ3n) is 7.38. The number of anilines is 2. The fraction of sp³-hybridized carbons (Fsp3) is 0.519. The number of hydrogen-bond donors (Lipinski definition) is 1. The van der Waals surface area contributed by atoms with Gasteiger partial charge in [0.15, 0.2) is 5.82 Å². The quantitative estimate of drug-likeness (QED) is 0.386. The van der Waals surface area contributed by atoms with E-state index < -0.39 is 5.82 Å². The Labute approximate surface area is 232 Å². The molecule has 1 amide bonds. The van der Waals surface area contributed by atoms with Gasteiger partial charge < -0.3 is 29.3 Å². The third kappa shape index (κ3) is 6.37. The van der Waals surface area contributed by atoms with E-state index >= 15 is 0 Å². The van der Waals surface area contributed by atoms with Gasteiger partial charge in [0.2, 0.25) is 5.91 Å². The first kappa shape index (κ1) is 27.4. The minimum absolute atomic E-state index is 0.0777. The summed E-state index contributed by atoms with van der Waals surface area (Å²) in [4.78, 5) is 29.7. The van der Waals surface area contributed by atoms with E-state index in [1.807, 2.05) is 4.90 Å². The Morgan fingerprint density at radius 3 is 2.64 bits per heavy atom. The number of hydrogen-bond acceptors (Lipinski definition) is 9. The van der Waals surface area contributed by atoms with Crippen LogP contribution in [-0.4, -0.2) is 103 Å². The van der Waals surface area contributed by atoms with E-state index in [2.05, 4.69) is 16.4 Å². The highest BCUT2D eigenvalue weighted by Gasteiger charge is 2.29. The predicted molar refractivity (Wildman–Crippen MR) is 146 cm³/mol. The molecular formula is C27H34ClFN6O4. The molecule has 0 saturated carbocycles. The van der Waals surface area contributed by atoms with E-state index in [4.69, 9.17) is 31.0 Å². The number of carbonyl (C=O) groups excluding carboxylic acids is 1. The summed E-state index contributed by atoms with van der Waals surface area (Å²) in [6.07, 6.45) is 2.75. The van der Waals surface area contributed by atoms with Crippen molar-refractivity contribution in [3.63, 3.8) is 0 Å². The molecule has 4 heterocycles. The van der Waals surface area contributed by atoms with Crippen molar-refractivity contribution in [2.45, 2.75) is 19.4 Å². The van der Waals surface area contributed by atoms with Crippen LogP contribution in [0, 0.1) is 5.82 Å². The summed E-state index contributed by atoms with van der Waals surface area (Å²) in [6, 6.07) is 2.86. The highest BCUT2D eigenvalue weighted by Crippen LogP contribution is 2.36. The standard InChI is InChI=1S/C27H34ClFN6O4/c1-2-24(37)33-7-9-34(10-8-33)26-20-4-6-35(23-17-19(36)16-21(28)25(23)29)18-22(20)30-27(31-26)39-13-3-5-32-11-14-38-15-12-32/h2,16-17,36H,1,3-15,18H2. The highest BCUT2D eigenvalue weighted by atomic mass is 35.5. The van der Waals surface area contributed by atoms with E-state index in [1.165, 1.54) is 18.2 Å². The number of halogens is 2. The van der Waals surface area contributed by atoms with Gasteiger partial charge in [-0.05, 0) is 18.9 Å². The van der Waals surface area contributed by atoms with Crippen LogP contribution in [0.2, 0.25) is 5.02 Å². The normalized spacial score (nSPS) is 18.2. The molecule has 0 bridgehead atoms. The number of ether oxygens (including phenoxy) is 2. The second kappa shape index (κ2) is 12.4. The summed E-state index contributed by atoms with van der Waals surface area (Å²) in [6.45, 7) is 11.5. The number of piperazine rings is 1. The highest BCUT2D eigenvalue weighted by molar-refractivity contribution is 6.31. The Bertz CT molecular complexity index is 1200. The number of amides is 1. The van der Waals surface area contributed by atoms with Gasteiger partial charge in [0.05, 0.1) is 42.8 Å². The van der Waals surface area contributed by atoms with Gasteiger partial charge in [0.1, 0.15) is 11.6 Å². The Balaban J connectivity index is 1.35. The zero-order valence-electron chi connectivity index (χ0n) is 21.9. The zero-order valence-corrected chi connectivity index (χ0v) is 22.7. The first-order valence-electron chi connectivity index (χ1n) is 13.3. The van der Waals surface area contributed by atoms with Crippen LogP contribution in [0.5, 0.6) is 11.8 Å². The fourth-order valence-corrected chi connectivity index (χ4v) is 5.46. The monoisotopic (exact) mass is 560 g/mol. The molecule has 3 aliphatic heterocycles. The maximum absolute atomic E-state index is 14.9. The van der Waals surface area contributed by atoms with Gasteiger partial charge in [-0.3, -0.25) is 9.69 Å². The van der Waals surface area contributed by atoms with Crippen LogP contribution in [0.25, 0.3) is 0 Å². The molecule has 12 heteroatoms. The van der Waals surface area contributed by atoms with Crippen LogP contribution in [0.3, 0.4) is 0 Å². The van der Waals surface area contributed by atoms with Gasteiger partial charge in [0, 0.05) is 70.1 Å². The predicted octanol–water partition coefficient (Wildman–Crippen LogP) is 2.47. The summed E-state index contributed by atoms with van der Waals surface area (Å²) in [5.41, 5.74) is 1.97. The summed E-state index contributed by atoms with van der Waals surface area (Å²) in [5, 5.41) is 9.89. The minimum Gasteiger partial charge on any atom is -0.508 e. The number of fused-ring (bicyclic) bond motifs is 1. The van der Waals surface area contributed by atoms with Crippen molar-refractivity contribution >= 4 is 29.0 Å². The first-order chi connectivity index (χ1) is 18.9. The van der Waals surface area contributed by atoms with Crippen molar-refractivity contribution in [1.29, 1.82) is 0 Å². The van der Waals surface area contributed by atoms with Crippen molar-refractivity contribution in [2.75, 3.05) is 82.0 Å². The first-order valence-corrected chi connectivity index (χ1v) is 13.7. The fourth-order valence-electron chi connectivity index (χ4n) is 5.26. The summed E-state index contributed by atoms with van der Waals surface area (Å²) in [7, 11) is 0. The van der Waals surface area contributed by atoms with Gasteiger partial charge in [0.25, 0.3) is 0 Å². The number of aromatic hydroxyl groups is 1. The van der Waals surface area contributed by atoms with Gasteiger partial charge in [-0.15, -0.1) is 0 Å². The summed E-state index contributed by atoms with van der Waals surface area (Å²) < 4.78 is 26.3. The van der Waals surface area contributed by atoms with Crippen LogP contribution in [0.1, 0.15) is 17.7 Å². The number of benzene rings is 1. The van der Waals surface area contributed by atoms with Crippen LogP contribution in [-0.2, 0) is 22.5 Å². The van der Waals surface area contributed by atoms with E-state index in [0.29, 0.717) is 52.3 Å². The van der Waals surface area contributed by atoms with Crippen molar-refractivity contribution in [1.82, 2.24) is 19.8 Å². The molecule has 2 saturated heterocycles. The van der Waals surface area contributed by atoms with Crippen LogP contribution in [0.15, 0.2) is 24.8 Å². The summed E-state index contributed by atoms with van der Waals surface area (Å²) in [5.74, 6) is 0.0469. The lowest BCUT2D eigenvalue weighted by atomic mass is 10.0. The lowest BCUT2D eigenvalue weighted by Crippen LogP contribution is -2.49. The second-order valence-corrected chi connectivity index (χ2v) is 10.3. The molecule has 39 heavy (non-hydrogen) atoms. The molecule has 0 radical (unpaired) electrons. The molecule has 1 aromatic carbocycles. The van der Waals surface area contributed by atoms with E-state index in [0.717, 1.165) is 56.3 Å². The van der Waals surface area contributed by atoms with Gasteiger partial charge in [-0.1, -0.05) is 18.2 Å². The second-order valence-electron chi connectivity index (χ2n) is 9.86. The number of phenolic OH excluding ortho intramolecular Hbond substituents is 1. The lowest BCUT2D eigenvalue weighted by molar-refractivity contribution is -0.126. The molecule has 3 aliphatic rings. The Morgan fingerprint density at radius 2 is 1.90 bits per heavy atom. The van der Waals surface area contributed by atoms with Crippen LogP contribution in [0.4, 0.5) is 15.9 Å². The van der Waals surface area contributed by atoms with Crippen LogP contribution < -0.4 is 14.5 Å². The average Bonchev–Trinajstić information content (AvgIpc) is 2.96. The maximum Gasteiger partial charge on any atom is 0.318 e. The Kier molecular flexibility index (Phi) is 8.69. The topological polar surface area (TPSA) is 94.5 Å². The number of rotatable bonds is 8. The molecule has 2 aromatic rings. The molecule has 1 N–H and O–H groups in total. The van der Waals surface area contributed by atoms with Gasteiger partial charge in [-0.2, -0.15) is 9.97 Å². The zero-order chi connectivity index (χ0) is 27.4. The molecular weight excluding hydrogens is 527 g/mol. The van der Waals surface area contributed by atoms with E-state index in [-0.39, 0.29) is 28.4 Å². The Morgan fingerprint density at radius 1 is 1.13 bits per heavy atom. The van der Waals surface area contributed by atoms with E-state index in [9.17, 15) is 14.3 Å². The molecule has 210 valence electrons. The van der Waals surface area contributed by atoms with Crippen LogP contribution >= 0.6 is 11.6 Å². The van der Waals surface area contributed by atoms with Crippen molar-refractivity contribution in [3.05, 3.63) is 46.9 Å². The SMILES string of the molecule is C=CC(=O)N1CCN(c2nc(OCCCN3CCOCC3)nc3c2CCN(c2cc(O)cc(Cl)c2F)C3)CC1. The minimum atomic E-state index is -0.574. The molecule has 0 atom stereocenters. The number of aromatic nitrogens is 2. The smallest absolute Gasteiger partial charge is 0.318 e. The van der Waals surface area contributed by atoms with Crippen molar-refractivity contribution in [3.8, 4) is 11.8 Å². The molecule has 10 nitrogen and oxygen atoms in total. The molecule has 2 fully saturated rings. The largest absolute Gasteiger partial charge is 0.508 e. The van der Waals surface area contributed by atoms with Crippen molar-refractivity contribution in [2.24, 2.45) is 0 Å². The van der Waals surface area contributed by atoms with E-state index in [1.54, 1.807) is 4.90 Å². The van der Waals surface area contributed by atoms with Gasteiger partial charge >= 0.3 is 6.01 Å². The lowest BCUT2D eigenvalue weighted by Gasteiger charge is -2.38. The number of morpholine rings is 1. The maximum atomic E-state index is 14.9. The van der Waals surface area contributed by atoms with Gasteiger partial charge in [-0.25, -0.2) is 4.39 Å². The molecule has 1 aromatic heterocycles. The summed E-state index contributed by atoms with van der Waals surface area (Å²) >= 11 is 6.00. The molecule has 0 unspecified atom stereocenters. The number of nitrogens with zero attached hydrogens (tertiary/aromatic N) is 6. The number of phenols is 1. The Hall–Kier alpha value is -3.15. The van der Waals surface area contributed by atoms with Crippen molar-refractivity contribution < 1.29 is 23.8 Å². The molecule has 0 aliphatic carbocycles. The number of carbonyl (C=O) groups is 1. The molecule has 0 spiro atoms.